The maximum absolute atomic E-state index is 13.0. The van der Waals surface area contributed by atoms with Gasteiger partial charge in [-0.1, -0.05) is 38.0 Å². The van der Waals surface area contributed by atoms with E-state index in [2.05, 4.69) is 22.5 Å². The fourth-order valence-electron chi connectivity index (χ4n) is 3.74. The quantitative estimate of drug-likeness (QED) is 0.711. The van der Waals surface area contributed by atoms with E-state index in [0.29, 0.717) is 18.1 Å². The number of rotatable bonds is 7. The Morgan fingerprint density at radius 1 is 1.11 bits per heavy atom. The number of hydrogen-bond acceptors (Lipinski definition) is 3. The molecule has 0 bridgehead atoms. The molecule has 0 saturated carbocycles. The molecule has 1 aromatic heterocycles. The Morgan fingerprint density at radius 3 is 2.57 bits per heavy atom. The standard InChI is InChI=1S/C22H30N4O2/c1-4-5-7-13-23-21(27)19-17-12-6-8-14-26(17)20(24-19)22(28)25-18-15(2)10-9-11-16(18)3/h9-11H,4-8,12-14H2,1-3H3,(H,23,27)(H,25,28). The molecule has 150 valence electrons. The topological polar surface area (TPSA) is 76.0 Å². The van der Waals surface area contributed by atoms with Gasteiger partial charge < -0.3 is 15.2 Å². The Kier molecular flexibility index (Phi) is 6.49. The van der Waals surface area contributed by atoms with Crippen molar-refractivity contribution in [2.75, 3.05) is 11.9 Å². The number of nitrogens with one attached hydrogen (secondary N) is 2. The summed E-state index contributed by atoms with van der Waals surface area (Å²) >= 11 is 0. The summed E-state index contributed by atoms with van der Waals surface area (Å²) < 4.78 is 1.92. The average molecular weight is 383 g/mol. The molecule has 6 nitrogen and oxygen atoms in total. The first-order valence-electron chi connectivity index (χ1n) is 10.3. The molecule has 0 fully saturated rings. The maximum Gasteiger partial charge on any atom is 0.291 e. The average Bonchev–Trinajstić information content (AvgIpc) is 3.08. The van der Waals surface area contributed by atoms with Gasteiger partial charge in [0.1, 0.15) is 5.69 Å². The number of para-hydroxylation sites is 1. The molecule has 0 unspecified atom stereocenters. The molecule has 2 aromatic rings. The molecule has 0 atom stereocenters. The largest absolute Gasteiger partial charge is 0.351 e. The Labute approximate surface area is 166 Å². The molecule has 0 spiro atoms. The molecule has 28 heavy (non-hydrogen) atoms. The highest BCUT2D eigenvalue weighted by Gasteiger charge is 2.27. The van der Waals surface area contributed by atoms with Gasteiger partial charge in [0.25, 0.3) is 11.8 Å². The lowest BCUT2D eigenvalue weighted by molar-refractivity contribution is 0.0947. The summed E-state index contributed by atoms with van der Waals surface area (Å²) in [6, 6.07) is 5.91. The molecule has 1 aliphatic heterocycles. The van der Waals surface area contributed by atoms with Gasteiger partial charge in [0.2, 0.25) is 0 Å². The van der Waals surface area contributed by atoms with Crippen molar-refractivity contribution in [1.82, 2.24) is 14.9 Å². The number of anilines is 1. The lowest BCUT2D eigenvalue weighted by atomic mass is 10.1. The Balaban J connectivity index is 1.84. The second-order valence-electron chi connectivity index (χ2n) is 7.52. The molecular formula is C22H30N4O2. The van der Waals surface area contributed by atoms with E-state index in [-0.39, 0.29) is 11.8 Å². The highest BCUT2D eigenvalue weighted by molar-refractivity contribution is 6.04. The first-order valence-corrected chi connectivity index (χ1v) is 10.3. The van der Waals surface area contributed by atoms with Crippen LogP contribution in [0.3, 0.4) is 0 Å². The van der Waals surface area contributed by atoms with E-state index in [4.69, 9.17) is 0 Å². The summed E-state index contributed by atoms with van der Waals surface area (Å²) in [7, 11) is 0. The van der Waals surface area contributed by atoms with Crippen molar-refractivity contribution in [1.29, 1.82) is 0 Å². The second-order valence-corrected chi connectivity index (χ2v) is 7.52. The molecule has 3 rings (SSSR count). The highest BCUT2D eigenvalue weighted by Crippen LogP contribution is 2.24. The molecule has 6 heteroatoms. The zero-order valence-corrected chi connectivity index (χ0v) is 17.1. The summed E-state index contributed by atoms with van der Waals surface area (Å²) in [4.78, 5) is 30.1. The van der Waals surface area contributed by atoms with Crippen LogP contribution in [0.1, 0.15) is 77.0 Å². The predicted molar refractivity (Wildman–Crippen MR) is 111 cm³/mol. The van der Waals surface area contributed by atoms with Crippen LogP contribution in [0.5, 0.6) is 0 Å². The number of carbonyl (C=O) groups excluding carboxylic acids is 2. The minimum atomic E-state index is -0.259. The summed E-state index contributed by atoms with van der Waals surface area (Å²) in [5, 5.41) is 5.96. The smallest absolute Gasteiger partial charge is 0.291 e. The van der Waals surface area contributed by atoms with Crippen molar-refractivity contribution < 1.29 is 9.59 Å². The predicted octanol–water partition coefficient (Wildman–Crippen LogP) is 4.01. The number of benzene rings is 1. The number of hydrogen-bond donors (Lipinski definition) is 2. The SMILES string of the molecule is CCCCCNC(=O)c1nc(C(=O)Nc2c(C)cccc2C)n2c1CCCC2. The van der Waals surface area contributed by atoms with E-state index < -0.39 is 0 Å². The minimum Gasteiger partial charge on any atom is -0.351 e. The van der Waals surface area contributed by atoms with Crippen LogP contribution in [0.15, 0.2) is 18.2 Å². The number of imidazole rings is 1. The number of aromatic nitrogens is 2. The Morgan fingerprint density at radius 2 is 1.86 bits per heavy atom. The molecule has 1 aliphatic rings. The van der Waals surface area contributed by atoms with Gasteiger partial charge in [0, 0.05) is 18.8 Å². The molecule has 1 aromatic carbocycles. The van der Waals surface area contributed by atoms with Gasteiger partial charge in [-0.15, -0.1) is 0 Å². The number of carbonyl (C=O) groups is 2. The van der Waals surface area contributed by atoms with Crippen LogP contribution in [0, 0.1) is 13.8 Å². The van der Waals surface area contributed by atoms with Crippen LogP contribution in [-0.2, 0) is 13.0 Å². The van der Waals surface area contributed by atoms with Crippen LogP contribution < -0.4 is 10.6 Å². The third-order valence-electron chi connectivity index (χ3n) is 5.32. The van der Waals surface area contributed by atoms with Gasteiger partial charge in [0.15, 0.2) is 5.82 Å². The van der Waals surface area contributed by atoms with Crippen molar-refractivity contribution in [2.45, 2.75) is 65.8 Å². The van der Waals surface area contributed by atoms with Gasteiger partial charge >= 0.3 is 0 Å². The van der Waals surface area contributed by atoms with E-state index in [1.807, 2.05) is 36.6 Å². The van der Waals surface area contributed by atoms with E-state index in [0.717, 1.165) is 67.6 Å². The van der Waals surface area contributed by atoms with Crippen LogP contribution in [-0.4, -0.2) is 27.9 Å². The third kappa shape index (κ3) is 4.26. The Bertz CT molecular complexity index is 849. The number of fused-ring (bicyclic) bond motifs is 1. The van der Waals surface area contributed by atoms with E-state index >= 15 is 0 Å². The lowest BCUT2D eigenvalue weighted by Crippen LogP contribution is -2.26. The van der Waals surface area contributed by atoms with Crippen molar-refractivity contribution in [3.05, 3.63) is 46.5 Å². The molecular weight excluding hydrogens is 352 g/mol. The number of unbranched alkanes of at least 4 members (excludes halogenated alkanes) is 2. The summed E-state index contributed by atoms with van der Waals surface area (Å²) in [6.07, 6.45) is 5.94. The van der Waals surface area contributed by atoms with Crippen molar-refractivity contribution in [3.63, 3.8) is 0 Å². The van der Waals surface area contributed by atoms with E-state index in [9.17, 15) is 9.59 Å². The van der Waals surface area contributed by atoms with Crippen molar-refractivity contribution >= 4 is 17.5 Å². The van der Waals surface area contributed by atoms with Crippen LogP contribution in [0.25, 0.3) is 0 Å². The summed E-state index contributed by atoms with van der Waals surface area (Å²) in [5.74, 6) is -0.102. The molecule has 0 saturated heterocycles. The highest BCUT2D eigenvalue weighted by atomic mass is 16.2. The Hall–Kier alpha value is -2.63. The minimum absolute atomic E-state index is 0.173. The van der Waals surface area contributed by atoms with Gasteiger partial charge in [0.05, 0.1) is 5.69 Å². The molecule has 0 aliphatic carbocycles. The van der Waals surface area contributed by atoms with Gasteiger partial charge in [-0.3, -0.25) is 9.59 Å². The van der Waals surface area contributed by atoms with Crippen LogP contribution in [0.4, 0.5) is 5.69 Å². The van der Waals surface area contributed by atoms with Crippen LogP contribution in [0.2, 0.25) is 0 Å². The van der Waals surface area contributed by atoms with Crippen molar-refractivity contribution in [2.24, 2.45) is 0 Å². The number of nitrogens with zero attached hydrogens (tertiary/aromatic N) is 2. The van der Waals surface area contributed by atoms with Crippen LogP contribution >= 0.6 is 0 Å². The lowest BCUT2D eigenvalue weighted by Gasteiger charge is -2.17. The zero-order valence-electron chi connectivity index (χ0n) is 17.1. The third-order valence-corrected chi connectivity index (χ3v) is 5.32. The summed E-state index contributed by atoms with van der Waals surface area (Å²) in [5.41, 5.74) is 4.11. The second kappa shape index (κ2) is 9.04. The maximum atomic E-state index is 13.0. The molecule has 2 N–H and O–H groups in total. The monoisotopic (exact) mass is 382 g/mol. The first kappa shape index (κ1) is 20.1. The van der Waals surface area contributed by atoms with Gasteiger partial charge in [-0.25, -0.2) is 4.98 Å². The van der Waals surface area contributed by atoms with Gasteiger partial charge in [-0.05, 0) is 50.7 Å². The zero-order chi connectivity index (χ0) is 20.1. The van der Waals surface area contributed by atoms with E-state index in [1.165, 1.54) is 0 Å². The normalized spacial score (nSPS) is 13.1. The fraction of sp³-hybridized carbons (Fsp3) is 0.500. The fourth-order valence-corrected chi connectivity index (χ4v) is 3.74. The summed E-state index contributed by atoms with van der Waals surface area (Å²) in [6.45, 7) is 7.44. The number of amides is 2. The van der Waals surface area contributed by atoms with Crippen molar-refractivity contribution in [3.8, 4) is 0 Å². The molecule has 2 amide bonds. The molecule has 0 radical (unpaired) electrons. The van der Waals surface area contributed by atoms with Gasteiger partial charge in [-0.2, -0.15) is 0 Å². The number of aryl methyl sites for hydroxylation is 2. The first-order chi connectivity index (χ1) is 13.5. The molecule has 2 heterocycles. The van der Waals surface area contributed by atoms with E-state index in [1.54, 1.807) is 0 Å².